The maximum atomic E-state index is 13.2. The number of carbonyl (C=O) groups is 2. The van der Waals surface area contributed by atoms with E-state index in [9.17, 15) is 9.59 Å². The minimum absolute atomic E-state index is 0.0132. The van der Waals surface area contributed by atoms with Gasteiger partial charge in [0.1, 0.15) is 5.82 Å². The van der Waals surface area contributed by atoms with Crippen molar-refractivity contribution >= 4 is 17.6 Å². The van der Waals surface area contributed by atoms with Crippen LogP contribution in [0.25, 0.3) is 22.3 Å². The lowest BCUT2D eigenvalue weighted by molar-refractivity contribution is 0.0787. The van der Waals surface area contributed by atoms with Gasteiger partial charge in [0.05, 0.1) is 11.8 Å². The van der Waals surface area contributed by atoms with Gasteiger partial charge in [-0.15, -0.1) is 0 Å². The largest absolute Gasteiger partial charge is 0.383 e. The summed E-state index contributed by atoms with van der Waals surface area (Å²) in [5, 5.41) is 7.14. The third-order valence-corrected chi connectivity index (χ3v) is 6.54. The number of carbonyl (C=O) groups excluding carboxylic acids is 2. The molecule has 1 aliphatic rings. The number of nitrogens with zero attached hydrogens (tertiary/aromatic N) is 4. The number of aromatic nitrogens is 3. The van der Waals surface area contributed by atoms with Crippen LogP contribution < -0.4 is 11.1 Å². The molecule has 36 heavy (non-hydrogen) atoms. The molecule has 1 saturated heterocycles. The number of nitrogen functional groups attached to an aromatic ring is 1. The molecule has 1 fully saturated rings. The number of nitrogens with one attached hydrogen (secondary N) is 1. The molecular formula is C28H28N6O2. The van der Waals surface area contributed by atoms with E-state index < -0.39 is 0 Å². The molecule has 8 heteroatoms. The predicted octanol–water partition coefficient (Wildman–Crippen LogP) is 3.62. The Kier molecular flexibility index (Phi) is 6.49. The number of pyridine rings is 1. The molecule has 2 amide bonds. The number of likely N-dealkylation sites (tertiary alicyclic amines) is 1. The molecule has 1 atom stereocenters. The van der Waals surface area contributed by atoms with Gasteiger partial charge >= 0.3 is 0 Å². The number of rotatable bonds is 6. The third-order valence-electron chi connectivity index (χ3n) is 6.54. The number of nitrogens with two attached hydrogens (primary N) is 1. The van der Waals surface area contributed by atoms with E-state index in [2.05, 4.69) is 15.4 Å². The first-order chi connectivity index (χ1) is 17.5. The van der Waals surface area contributed by atoms with Crippen molar-refractivity contribution in [1.29, 1.82) is 0 Å². The van der Waals surface area contributed by atoms with Crippen LogP contribution in [0, 0.1) is 5.92 Å². The van der Waals surface area contributed by atoms with Crippen molar-refractivity contribution in [3.8, 4) is 22.3 Å². The lowest BCUT2D eigenvalue weighted by Crippen LogP contribution is -2.33. The molecule has 0 radical (unpaired) electrons. The van der Waals surface area contributed by atoms with E-state index in [1.807, 2.05) is 72.7 Å². The minimum Gasteiger partial charge on any atom is -0.383 e. The van der Waals surface area contributed by atoms with Crippen molar-refractivity contribution in [2.45, 2.75) is 6.42 Å². The summed E-state index contributed by atoms with van der Waals surface area (Å²) >= 11 is 0. The molecule has 2 aromatic carbocycles. The summed E-state index contributed by atoms with van der Waals surface area (Å²) in [5.41, 5.74) is 10.7. The zero-order valence-corrected chi connectivity index (χ0v) is 20.1. The van der Waals surface area contributed by atoms with Crippen LogP contribution in [0.2, 0.25) is 0 Å². The third kappa shape index (κ3) is 4.98. The summed E-state index contributed by atoms with van der Waals surface area (Å²) in [6.07, 6.45) is 6.04. The zero-order valence-electron chi connectivity index (χ0n) is 20.1. The first-order valence-corrected chi connectivity index (χ1v) is 12.0. The van der Waals surface area contributed by atoms with Crippen molar-refractivity contribution in [3.63, 3.8) is 0 Å². The van der Waals surface area contributed by atoms with Crippen LogP contribution in [-0.2, 0) is 7.05 Å². The van der Waals surface area contributed by atoms with Gasteiger partial charge in [0.2, 0.25) is 0 Å². The van der Waals surface area contributed by atoms with Crippen LogP contribution in [0.3, 0.4) is 0 Å². The highest BCUT2D eigenvalue weighted by molar-refractivity contribution is 5.99. The molecule has 3 heterocycles. The Labute approximate surface area is 209 Å². The molecule has 3 N–H and O–H groups in total. The zero-order chi connectivity index (χ0) is 25.1. The number of aryl methyl sites for hydroxylation is 1. The van der Waals surface area contributed by atoms with Crippen LogP contribution >= 0.6 is 0 Å². The van der Waals surface area contributed by atoms with Gasteiger partial charge in [-0.25, -0.2) is 4.98 Å². The fourth-order valence-corrected chi connectivity index (χ4v) is 4.55. The molecule has 182 valence electrons. The molecule has 2 aromatic heterocycles. The van der Waals surface area contributed by atoms with Crippen molar-refractivity contribution < 1.29 is 9.59 Å². The molecule has 8 nitrogen and oxygen atoms in total. The van der Waals surface area contributed by atoms with Gasteiger partial charge in [-0.1, -0.05) is 42.5 Å². The fraction of sp³-hybridized carbons (Fsp3) is 0.214. The van der Waals surface area contributed by atoms with E-state index in [-0.39, 0.29) is 23.6 Å². The van der Waals surface area contributed by atoms with Crippen molar-refractivity contribution in [2.24, 2.45) is 13.0 Å². The highest BCUT2D eigenvalue weighted by Gasteiger charge is 2.27. The fourth-order valence-electron chi connectivity index (χ4n) is 4.55. The highest BCUT2D eigenvalue weighted by Crippen LogP contribution is 2.24. The Morgan fingerprint density at radius 2 is 1.81 bits per heavy atom. The first kappa shape index (κ1) is 23.3. The van der Waals surface area contributed by atoms with Gasteiger partial charge in [-0.3, -0.25) is 14.3 Å². The Morgan fingerprint density at radius 1 is 1.00 bits per heavy atom. The summed E-state index contributed by atoms with van der Waals surface area (Å²) < 4.78 is 1.69. The summed E-state index contributed by atoms with van der Waals surface area (Å²) in [5.74, 6) is 0.0952. The van der Waals surface area contributed by atoms with Crippen LogP contribution in [0.15, 0.2) is 79.3 Å². The molecule has 0 saturated carbocycles. The van der Waals surface area contributed by atoms with E-state index in [0.29, 0.717) is 30.8 Å². The topological polar surface area (TPSA) is 106 Å². The lowest BCUT2D eigenvalue weighted by Gasteiger charge is -2.17. The van der Waals surface area contributed by atoms with Gasteiger partial charge in [0.15, 0.2) is 0 Å². The van der Waals surface area contributed by atoms with Crippen molar-refractivity contribution in [3.05, 3.63) is 90.4 Å². The van der Waals surface area contributed by atoms with Gasteiger partial charge in [0, 0.05) is 55.8 Å². The van der Waals surface area contributed by atoms with E-state index in [4.69, 9.17) is 5.73 Å². The molecule has 0 bridgehead atoms. The second-order valence-electron chi connectivity index (χ2n) is 9.12. The summed E-state index contributed by atoms with van der Waals surface area (Å²) in [4.78, 5) is 32.1. The maximum Gasteiger partial charge on any atom is 0.255 e. The van der Waals surface area contributed by atoms with E-state index in [0.717, 1.165) is 28.7 Å². The second-order valence-corrected chi connectivity index (χ2v) is 9.12. The van der Waals surface area contributed by atoms with E-state index in [1.165, 1.54) is 0 Å². The second kappa shape index (κ2) is 10.0. The van der Waals surface area contributed by atoms with E-state index >= 15 is 0 Å². The smallest absolute Gasteiger partial charge is 0.255 e. The predicted molar refractivity (Wildman–Crippen MR) is 139 cm³/mol. The average molecular weight is 481 g/mol. The van der Waals surface area contributed by atoms with Crippen LogP contribution in [0.4, 0.5) is 5.82 Å². The number of hydrogen-bond donors (Lipinski definition) is 2. The van der Waals surface area contributed by atoms with Crippen molar-refractivity contribution in [2.75, 3.05) is 25.4 Å². The Bertz CT molecular complexity index is 1400. The van der Waals surface area contributed by atoms with Crippen molar-refractivity contribution in [1.82, 2.24) is 25.0 Å². The van der Waals surface area contributed by atoms with Gasteiger partial charge in [-0.2, -0.15) is 5.10 Å². The van der Waals surface area contributed by atoms with Gasteiger partial charge < -0.3 is 16.0 Å². The number of benzene rings is 2. The van der Waals surface area contributed by atoms with Crippen LogP contribution in [0.5, 0.6) is 0 Å². The molecule has 0 spiro atoms. The van der Waals surface area contributed by atoms with Crippen LogP contribution in [-0.4, -0.2) is 51.1 Å². The monoisotopic (exact) mass is 480 g/mol. The lowest BCUT2D eigenvalue weighted by atomic mass is 10.0. The average Bonchev–Trinajstić information content (AvgIpc) is 3.57. The molecule has 1 aliphatic heterocycles. The molecule has 5 rings (SSSR count). The molecule has 4 aromatic rings. The highest BCUT2D eigenvalue weighted by atomic mass is 16.2. The molecular weight excluding hydrogens is 452 g/mol. The minimum atomic E-state index is -0.272. The summed E-state index contributed by atoms with van der Waals surface area (Å²) in [7, 11) is 1.83. The number of amides is 2. The van der Waals surface area contributed by atoms with Gasteiger partial charge in [0.25, 0.3) is 11.8 Å². The quantitative estimate of drug-likeness (QED) is 0.438. The SMILES string of the molecule is Cn1cc(-c2cnc(N)c(C(=O)NC[C@H]3CCN(C(=O)c4cccc(-c5ccccc5)c4)C3)c2)cn1. The summed E-state index contributed by atoms with van der Waals surface area (Å²) in [6, 6.07) is 19.5. The summed E-state index contributed by atoms with van der Waals surface area (Å²) in [6.45, 7) is 1.72. The number of anilines is 1. The Balaban J connectivity index is 1.20. The first-order valence-electron chi connectivity index (χ1n) is 12.0. The molecule has 0 unspecified atom stereocenters. The standard InChI is InChI=1S/C28H28N6O2/c1-33-18-24(16-32-33)23-13-25(26(29)30-15-23)27(35)31-14-19-10-11-34(17-19)28(36)22-9-5-8-21(12-22)20-6-3-2-4-7-20/h2-9,12-13,15-16,18-19H,10-11,14,17H2,1H3,(H2,29,30)(H,31,35)/t19-/m1/s1. The van der Waals surface area contributed by atoms with E-state index in [1.54, 1.807) is 23.1 Å². The van der Waals surface area contributed by atoms with Crippen LogP contribution in [0.1, 0.15) is 27.1 Å². The molecule has 0 aliphatic carbocycles. The number of hydrogen-bond acceptors (Lipinski definition) is 5. The normalized spacial score (nSPS) is 15.1. The van der Waals surface area contributed by atoms with Gasteiger partial charge in [-0.05, 0) is 41.7 Å². The Morgan fingerprint density at radius 3 is 2.58 bits per heavy atom. The Hall–Kier alpha value is -4.46. The maximum absolute atomic E-state index is 13.2.